The first kappa shape index (κ1) is 17.0. The molecule has 3 rings (SSSR count). The van der Waals surface area contributed by atoms with Crippen molar-refractivity contribution in [1.29, 1.82) is 0 Å². The second-order valence-electron chi connectivity index (χ2n) is 6.90. The van der Waals surface area contributed by atoms with Crippen LogP contribution in [0.15, 0.2) is 30.3 Å². The number of nitrogens with one attached hydrogen (secondary N) is 1. The molecule has 0 amide bonds. The van der Waals surface area contributed by atoms with Crippen molar-refractivity contribution in [2.45, 2.75) is 69.7 Å². The predicted octanol–water partition coefficient (Wildman–Crippen LogP) is 2.73. The highest BCUT2D eigenvalue weighted by molar-refractivity contribution is 5.81. The molecule has 5 heteroatoms. The van der Waals surface area contributed by atoms with Gasteiger partial charge in [-0.05, 0) is 38.2 Å². The van der Waals surface area contributed by atoms with Gasteiger partial charge in [-0.3, -0.25) is 14.9 Å². The first-order chi connectivity index (χ1) is 11.6. The number of carbonyl (C=O) groups is 2. The molecular weight excluding hydrogens is 306 g/mol. The van der Waals surface area contributed by atoms with Crippen LogP contribution >= 0.6 is 0 Å². The Balaban J connectivity index is 1.49. The molecule has 1 spiro atoms. The van der Waals surface area contributed by atoms with Crippen LogP contribution in [-0.4, -0.2) is 29.6 Å². The Morgan fingerprint density at radius 2 is 2.00 bits per heavy atom. The third kappa shape index (κ3) is 3.96. The average molecular weight is 331 g/mol. The van der Waals surface area contributed by atoms with Gasteiger partial charge in [0.2, 0.25) is 0 Å². The minimum absolute atomic E-state index is 0.236. The summed E-state index contributed by atoms with van der Waals surface area (Å²) in [6.45, 7) is 1.97. The molecule has 0 radical (unpaired) electrons. The summed E-state index contributed by atoms with van der Waals surface area (Å²) in [7, 11) is 0. The van der Waals surface area contributed by atoms with Gasteiger partial charge in [0.05, 0.1) is 0 Å². The Kier molecular flexibility index (Phi) is 5.19. The van der Waals surface area contributed by atoms with Crippen LogP contribution in [0, 0.1) is 0 Å². The van der Waals surface area contributed by atoms with E-state index in [0.717, 1.165) is 31.2 Å². The Hall–Kier alpha value is -1.88. The number of hydrogen-bond donors (Lipinski definition) is 1. The second-order valence-corrected chi connectivity index (χ2v) is 6.90. The minimum Gasteiger partial charge on any atom is -0.460 e. The summed E-state index contributed by atoms with van der Waals surface area (Å²) < 4.78 is 11.0. The van der Waals surface area contributed by atoms with Crippen LogP contribution in [0.25, 0.3) is 0 Å². The van der Waals surface area contributed by atoms with Crippen LogP contribution in [0.1, 0.15) is 51.0 Å². The van der Waals surface area contributed by atoms with Crippen LogP contribution in [0.2, 0.25) is 0 Å². The fourth-order valence-electron chi connectivity index (χ4n) is 3.63. The lowest BCUT2D eigenvalue weighted by molar-refractivity contribution is -0.152. The van der Waals surface area contributed by atoms with Gasteiger partial charge in [-0.25, -0.2) is 0 Å². The van der Waals surface area contributed by atoms with Gasteiger partial charge in [0, 0.05) is 6.42 Å². The van der Waals surface area contributed by atoms with Gasteiger partial charge < -0.3 is 9.47 Å². The maximum absolute atomic E-state index is 12.1. The van der Waals surface area contributed by atoms with Crippen molar-refractivity contribution in [3.8, 4) is 0 Å². The number of esters is 2. The summed E-state index contributed by atoms with van der Waals surface area (Å²) in [6.07, 6.45) is 5.94. The molecule has 1 aromatic carbocycles. The Labute approximate surface area is 142 Å². The number of hydrogen-bond acceptors (Lipinski definition) is 5. The van der Waals surface area contributed by atoms with E-state index in [9.17, 15) is 9.59 Å². The van der Waals surface area contributed by atoms with Crippen LogP contribution in [0.4, 0.5) is 0 Å². The number of carbonyl (C=O) groups excluding carboxylic acids is 2. The lowest BCUT2D eigenvalue weighted by Crippen LogP contribution is -2.44. The van der Waals surface area contributed by atoms with E-state index in [4.69, 9.17) is 9.47 Å². The van der Waals surface area contributed by atoms with Gasteiger partial charge in [-0.15, -0.1) is 0 Å². The summed E-state index contributed by atoms with van der Waals surface area (Å²) >= 11 is 0. The smallest absolute Gasteiger partial charge is 0.323 e. The summed E-state index contributed by atoms with van der Waals surface area (Å²) in [5, 5.41) is 3.09. The highest BCUT2D eigenvalue weighted by Crippen LogP contribution is 2.40. The van der Waals surface area contributed by atoms with E-state index >= 15 is 0 Å². The zero-order chi connectivity index (χ0) is 17.0. The van der Waals surface area contributed by atoms with E-state index in [1.807, 2.05) is 30.3 Å². The Morgan fingerprint density at radius 3 is 2.71 bits per heavy atom. The highest BCUT2D eigenvalue weighted by atomic mass is 16.6. The van der Waals surface area contributed by atoms with Crippen molar-refractivity contribution in [3.63, 3.8) is 0 Å². The van der Waals surface area contributed by atoms with E-state index in [0.29, 0.717) is 6.42 Å². The fourth-order valence-corrected chi connectivity index (χ4v) is 3.63. The molecule has 1 saturated carbocycles. The summed E-state index contributed by atoms with van der Waals surface area (Å²) in [5.41, 5.74) is 0.639. The standard InChI is InChI=1S/C19H25NO4/c1-14(17(21)23-13-15-8-4-2-5-9-15)20-16-12-19(24-18(16)22)10-6-3-7-11-19/h2,4-5,8-9,14,16,20H,3,6-7,10-13H2,1H3/t14-,16?/m0/s1. The van der Waals surface area contributed by atoms with Crippen molar-refractivity contribution in [2.24, 2.45) is 0 Å². The molecule has 2 atom stereocenters. The molecule has 2 aliphatic rings. The molecule has 0 aromatic heterocycles. The van der Waals surface area contributed by atoms with Crippen molar-refractivity contribution in [2.75, 3.05) is 0 Å². The Morgan fingerprint density at radius 1 is 1.29 bits per heavy atom. The van der Waals surface area contributed by atoms with E-state index in [1.54, 1.807) is 6.92 Å². The summed E-state index contributed by atoms with van der Waals surface area (Å²) in [4.78, 5) is 24.3. The van der Waals surface area contributed by atoms with Gasteiger partial charge in [-0.2, -0.15) is 0 Å². The van der Waals surface area contributed by atoms with Gasteiger partial charge >= 0.3 is 11.9 Å². The maximum Gasteiger partial charge on any atom is 0.323 e. The molecule has 24 heavy (non-hydrogen) atoms. The largest absolute Gasteiger partial charge is 0.460 e. The van der Waals surface area contributed by atoms with Crippen molar-refractivity contribution in [3.05, 3.63) is 35.9 Å². The van der Waals surface area contributed by atoms with E-state index in [-0.39, 0.29) is 24.1 Å². The first-order valence-corrected chi connectivity index (χ1v) is 8.77. The van der Waals surface area contributed by atoms with Crippen LogP contribution in [0.5, 0.6) is 0 Å². The predicted molar refractivity (Wildman–Crippen MR) is 89.1 cm³/mol. The normalized spacial score (nSPS) is 23.7. The molecule has 2 fully saturated rings. The molecule has 1 aliphatic carbocycles. The fraction of sp³-hybridized carbons (Fsp3) is 0.579. The number of rotatable bonds is 5. The van der Waals surface area contributed by atoms with Gasteiger partial charge in [0.1, 0.15) is 24.3 Å². The van der Waals surface area contributed by atoms with Gasteiger partial charge in [0.15, 0.2) is 0 Å². The molecule has 1 aromatic rings. The van der Waals surface area contributed by atoms with Crippen molar-refractivity contribution < 1.29 is 19.1 Å². The van der Waals surface area contributed by atoms with E-state index in [1.165, 1.54) is 6.42 Å². The lowest BCUT2D eigenvalue weighted by atomic mass is 9.82. The number of benzene rings is 1. The molecule has 1 unspecified atom stereocenters. The lowest BCUT2D eigenvalue weighted by Gasteiger charge is -2.31. The van der Waals surface area contributed by atoms with Gasteiger partial charge in [-0.1, -0.05) is 36.8 Å². The average Bonchev–Trinajstić information content (AvgIpc) is 2.89. The molecule has 5 nitrogen and oxygen atoms in total. The van der Waals surface area contributed by atoms with Crippen LogP contribution in [-0.2, 0) is 25.7 Å². The van der Waals surface area contributed by atoms with E-state index in [2.05, 4.69) is 5.32 Å². The summed E-state index contributed by atoms with van der Waals surface area (Å²) in [6, 6.07) is 8.60. The summed E-state index contributed by atoms with van der Waals surface area (Å²) in [5.74, 6) is -0.587. The maximum atomic E-state index is 12.1. The zero-order valence-corrected chi connectivity index (χ0v) is 14.1. The van der Waals surface area contributed by atoms with Crippen LogP contribution in [0.3, 0.4) is 0 Å². The molecule has 1 saturated heterocycles. The molecule has 130 valence electrons. The third-order valence-corrected chi connectivity index (χ3v) is 4.97. The minimum atomic E-state index is -0.537. The molecule has 1 aliphatic heterocycles. The second kappa shape index (κ2) is 7.34. The van der Waals surface area contributed by atoms with Crippen molar-refractivity contribution in [1.82, 2.24) is 5.32 Å². The quantitative estimate of drug-likeness (QED) is 0.841. The third-order valence-electron chi connectivity index (χ3n) is 4.97. The number of ether oxygens (including phenoxy) is 2. The van der Waals surface area contributed by atoms with Crippen LogP contribution < -0.4 is 5.32 Å². The first-order valence-electron chi connectivity index (χ1n) is 8.77. The topological polar surface area (TPSA) is 64.6 Å². The molecule has 1 N–H and O–H groups in total. The monoisotopic (exact) mass is 331 g/mol. The molecular formula is C19H25NO4. The zero-order valence-electron chi connectivity index (χ0n) is 14.1. The molecule has 0 bridgehead atoms. The van der Waals surface area contributed by atoms with Gasteiger partial charge in [0.25, 0.3) is 0 Å². The van der Waals surface area contributed by atoms with E-state index < -0.39 is 12.1 Å². The SMILES string of the molecule is C[C@H](NC1CC2(CCCCC2)OC1=O)C(=O)OCc1ccccc1. The molecule has 1 heterocycles. The highest BCUT2D eigenvalue weighted by Gasteiger charge is 2.47. The van der Waals surface area contributed by atoms with Crippen molar-refractivity contribution >= 4 is 11.9 Å². The Bertz CT molecular complexity index is 580.